The van der Waals surface area contributed by atoms with Crippen LogP contribution in [0, 0.1) is 17.7 Å². The third-order valence-electron chi connectivity index (χ3n) is 6.03. The second-order valence-corrected chi connectivity index (χ2v) is 10.1. The Bertz CT molecular complexity index is 1430. The monoisotopic (exact) mass is 524 g/mol. The average molecular weight is 524 g/mol. The first-order chi connectivity index (χ1) is 17.5. The molecule has 3 unspecified atom stereocenters. The molecule has 0 radical (unpaired) electrons. The lowest BCUT2D eigenvalue weighted by molar-refractivity contribution is -0.141. The van der Waals surface area contributed by atoms with Crippen molar-refractivity contribution in [1.29, 1.82) is 0 Å². The van der Waals surface area contributed by atoms with Gasteiger partial charge in [0.1, 0.15) is 11.9 Å². The minimum atomic E-state index is -3.43. The van der Waals surface area contributed by atoms with E-state index in [1.54, 1.807) is 30.3 Å². The van der Waals surface area contributed by atoms with Crippen LogP contribution in [-0.4, -0.2) is 44.1 Å². The van der Waals surface area contributed by atoms with E-state index in [4.69, 9.17) is 14.5 Å². The number of carboxylic acid groups (broad SMARTS) is 1. The number of aliphatic carboxylic acids is 1. The number of carboxylic acids is 1. The number of rotatable bonds is 6. The second-order valence-electron chi connectivity index (χ2n) is 8.82. The normalized spacial score (nSPS) is 14.9. The van der Waals surface area contributed by atoms with Gasteiger partial charge in [-0.1, -0.05) is 31.9 Å². The Labute approximate surface area is 213 Å². The molecule has 0 aliphatic carbocycles. The largest absolute Gasteiger partial charge is 0.540 e. The lowest BCUT2D eigenvalue weighted by Gasteiger charge is -2.17. The number of ether oxygens (including phenoxy) is 2. The third kappa shape index (κ3) is 4.92. The summed E-state index contributed by atoms with van der Waals surface area (Å²) < 4.78 is 36.7. The number of aliphatic hydroxyl groups excluding tert-OH is 1. The second kappa shape index (κ2) is 10.3. The maximum atomic E-state index is 13.7. The Morgan fingerprint density at radius 3 is 2.32 bits per heavy atom. The van der Waals surface area contributed by atoms with Gasteiger partial charge in [0.15, 0.2) is 11.5 Å². The van der Waals surface area contributed by atoms with Crippen LogP contribution in [0.5, 0.6) is 11.5 Å². The van der Waals surface area contributed by atoms with E-state index in [9.17, 15) is 28.9 Å². The van der Waals surface area contributed by atoms with Gasteiger partial charge in [-0.15, -0.1) is 0 Å². The maximum Gasteiger partial charge on any atom is 0.540 e. The Morgan fingerprint density at radius 2 is 1.73 bits per heavy atom. The van der Waals surface area contributed by atoms with Crippen LogP contribution in [0.25, 0.3) is 22.4 Å². The van der Waals surface area contributed by atoms with E-state index in [-0.39, 0.29) is 12.7 Å². The first kappa shape index (κ1) is 26.2. The summed E-state index contributed by atoms with van der Waals surface area (Å²) in [6, 6.07) is 12.8. The summed E-state index contributed by atoms with van der Waals surface area (Å²) in [6.07, 6.45) is -1.75. The van der Waals surface area contributed by atoms with Gasteiger partial charge in [0.25, 0.3) is 0 Å². The molecule has 10 heteroatoms. The summed E-state index contributed by atoms with van der Waals surface area (Å²) >= 11 is 0. The highest BCUT2D eigenvalue weighted by molar-refractivity contribution is 7.42. The predicted molar refractivity (Wildman–Crippen MR) is 134 cm³/mol. The van der Waals surface area contributed by atoms with E-state index < -0.39 is 31.1 Å². The lowest BCUT2D eigenvalue weighted by atomic mass is 9.92. The quantitative estimate of drug-likeness (QED) is 0.313. The molecule has 0 saturated carbocycles. The van der Waals surface area contributed by atoms with Crippen LogP contribution >= 0.6 is 8.03 Å². The van der Waals surface area contributed by atoms with Crippen LogP contribution in [0.15, 0.2) is 48.5 Å². The van der Waals surface area contributed by atoms with E-state index in [0.717, 1.165) is 12.5 Å². The molecule has 0 saturated heterocycles. The number of hydrogen-bond acceptors (Lipinski definition) is 6. The number of aliphatic hydroxyl groups is 1. The van der Waals surface area contributed by atoms with Crippen molar-refractivity contribution in [3.63, 3.8) is 0 Å². The Hall–Kier alpha value is -3.83. The van der Waals surface area contributed by atoms with Crippen molar-refractivity contribution in [1.82, 2.24) is 4.98 Å². The third-order valence-corrected chi connectivity index (χ3v) is 7.31. The summed E-state index contributed by atoms with van der Waals surface area (Å²) in [6.45, 7) is 4.95. The highest BCUT2D eigenvalue weighted by Gasteiger charge is 2.60. The van der Waals surface area contributed by atoms with E-state index in [0.29, 0.717) is 39.6 Å². The van der Waals surface area contributed by atoms with Crippen LogP contribution in [0.2, 0.25) is 0 Å². The molecule has 1 aromatic heterocycles. The molecule has 0 bridgehead atoms. The van der Waals surface area contributed by atoms with Crippen LogP contribution < -0.4 is 9.47 Å². The fourth-order valence-corrected chi connectivity index (χ4v) is 4.59. The number of halogens is 1. The molecule has 0 amide bonds. The molecule has 8 nitrogen and oxygen atoms in total. The Morgan fingerprint density at radius 1 is 1.08 bits per heavy atom. The molecule has 0 spiro atoms. The van der Waals surface area contributed by atoms with Crippen molar-refractivity contribution in [2.75, 3.05) is 6.79 Å². The van der Waals surface area contributed by atoms with E-state index in [1.165, 1.54) is 12.1 Å². The SMILES string of the molecule is CC(C)c1nc(-c2ccc3c(c2)OCO3)cc(-c2ccc(F)cc2)c1C#CC(C(=O)O)(C(C)O)[P+](=O)O. The number of aromatic nitrogens is 1. The first-order valence-electron chi connectivity index (χ1n) is 11.4. The lowest BCUT2D eigenvalue weighted by Crippen LogP contribution is -2.43. The van der Waals surface area contributed by atoms with Crippen molar-refractivity contribution < 1.29 is 38.3 Å². The molecule has 190 valence electrons. The zero-order valence-electron chi connectivity index (χ0n) is 20.2. The maximum absolute atomic E-state index is 13.7. The number of nitrogens with zero attached hydrogens (tertiary/aromatic N) is 1. The molecule has 1 aliphatic heterocycles. The molecule has 37 heavy (non-hydrogen) atoms. The van der Waals surface area contributed by atoms with E-state index in [2.05, 4.69) is 11.8 Å². The number of benzene rings is 2. The van der Waals surface area contributed by atoms with Gasteiger partial charge in [-0.2, -0.15) is 4.89 Å². The number of pyridine rings is 1. The summed E-state index contributed by atoms with van der Waals surface area (Å²) in [7, 11) is -3.43. The van der Waals surface area contributed by atoms with Gasteiger partial charge in [0.05, 0.1) is 17.0 Å². The first-order valence-corrected chi connectivity index (χ1v) is 12.6. The summed E-state index contributed by atoms with van der Waals surface area (Å²) in [4.78, 5) is 26.6. The fourth-order valence-electron chi connectivity index (χ4n) is 3.96. The topological polar surface area (TPSA) is 126 Å². The highest BCUT2D eigenvalue weighted by Crippen LogP contribution is 2.40. The van der Waals surface area contributed by atoms with E-state index in [1.807, 2.05) is 19.9 Å². The van der Waals surface area contributed by atoms with Gasteiger partial charge in [0, 0.05) is 11.1 Å². The highest BCUT2D eigenvalue weighted by atomic mass is 31.1. The van der Waals surface area contributed by atoms with Crippen LogP contribution in [0.4, 0.5) is 4.39 Å². The van der Waals surface area contributed by atoms with Crippen molar-refractivity contribution in [2.45, 2.75) is 37.9 Å². The number of hydrogen-bond donors (Lipinski definition) is 3. The minimum Gasteiger partial charge on any atom is -0.477 e. The van der Waals surface area contributed by atoms with Crippen molar-refractivity contribution in [3.8, 4) is 45.7 Å². The van der Waals surface area contributed by atoms with Gasteiger partial charge in [0.2, 0.25) is 6.79 Å². The Balaban J connectivity index is 2.01. The molecule has 4 rings (SSSR count). The molecule has 2 heterocycles. The van der Waals surface area contributed by atoms with Gasteiger partial charge in [-0.25, -0.2) is 9.18 Å². The molecule has 0 fully saturated rings. The zero-order valence-corrected chi connectivity index (χ0v) is 21.1. The number of carbonyl (C=O) groups is 1. The van der Waals surface area contributed by atoms with Crippen LogP contribution in [0.1, 0.15) is 37.9 Å². The smallest absolute Gasteiger partial charge is 0.477 e. The molecule has 3 N–H and O–H groups in total. The molecular weight excluding hydrogens is 500 g/mol. The van der Waals surface area contributed by atoms with Crippen LogP contribution in [-0.2, 0) is 9.36 Å². The molecular formula is C27H24FNO7P+. The predicted octanol–water partition coefficient (Wildman–Crippen LogP) is 4.70. The summed E-state index contributed by atoms with van der Waals surface area (Å²) in [5.41, 5.74) is 3.14. The fraction of sp³-hybridized carbons (Fsp3) is 0.259. The van der Waals surface area contributed by atoms with Gasteiger partial charge < -0.3 is 19.7 Å². The summed E-state index contributed by atoms with van der Waals surface area (Å²) in [5, 5.41) is 17.3. The molecule has 2 aromatic carbocycles. The van der Waals surface area contributed by atoms with Gasteiger partial charge in [-0.3, -0.25) is 4.98 Å². The van der Waals surface area contributed by atoms with Gasteiger partial charge in [-0.05, 0) is 65.3 Å². The standard InChI is InChI=1S/C27H23FNO7P/c1-15(2)25-20(10-11-27(16(3)30,26(31)32)37(33)34)21(17-4-7-19(28)8-5-17)13-22(29-25)18-6-9-23-24(12-18)36-14-35-23/h4-9,12-13,15-16,30H,14H2,1-3H3,(H-,31,32,33,34)/p+1. The summed E-state index contributed by atoms with van der Waals surface area (Å²) in [5.74, 6) is 3.92. The number of fused-ring (bicyclic) bond motifs is 1. The van der Waals surface area contributed by atoms with Crippen molar-refractivity contribution in [2.24, 2.45) is 0 Å². The van der Waals surface area contributed by atoms with Crippen molar-refractivity contribution in [3.05, 3.63) is 65.6 Å². The molecule has 1 aliphatic rings. The van der Waals surface area contributed by atoms with Gasteiger partial charge >= 0.3 is 19.2 Å². The molecule has 3 aromatic rings. The molecule has 3 atom stereocenters. The average Bonchev–Trinajstić information content (AvgIpc) is 3.32. The zero-order chi connectivity index (χ0) is 26.9. The van der Waals surface area contributed by atoms with Crippen molar-refractivity contribution >= 4 is 14.0 Å². The Kier molecular flexibility index (Phi) is 7.28. The van der Waals surface area contributed by atoms with Crippen LogP contribution in [0.3, 0.4) is 0 Å². The minimum absolute atomic E-state index is 0.112. The van der Waals surface area contributed by atoms with E-state index >= 15 is 0 Å².